The number of hydrogen-bond acceptors (Lipinski definition) is 0. The quantitative estimate of drug-likeness (QED) is 0.397. The van der Waals surface area contributed by atoms with Gasteiger partial charge in [-0.25, -0.2) is 0 Å². The first-order chi connectivity index (χ1) is 14.0. The van der Waals surface area contributed by atoms with Crippen LogP contribution in [0.3, 0.4) is 0 Å². The average molecular weight is 409 g/mol. The lowest BCUT2D eigenvalue weighted by atomic mass is 9.62. The zero-order chi connectivity index (χ0) is 22.1. The molecule has 0 aromatic heterocycles. The van der Waals surface area contributed by atoms with Crippen molar-refractivity contribution >= 4 is 0 Å². The van der Waals surface area contributed by atoms with Gasteiger partial charge in [-0.3, -0.25) is 0 Å². The molecule has 0 aromatic rings. The standard InChI is InChI=1S/C30H48/c1-21(11-9-17-29(5,6)7)27-15-16-28-26(12-10-18-30(27,28)8)14-13-25-19-22(2)24(4)23(3)20-25/h13-14,22-23,27-28H,1,4,9-12,15-20H2,2-3,5-8H3/b26-14+/t22-,23-,27-,28+,30-/m1/s1. The zero-order valence-electron chi connectivity index (χ0n) is 20.9. The van der Waals surface area contributed by atoms with Crippen LogP contribution in [0.2, 0.25) is 0 Å². The average Bonchev–Trinajstić information content (AvgIpc) is 3.00. The van der Waals surface area contributed by atoms with E-state index in [-0.39, 0.29) is 0 Å². The summed E-state index contributed by atoms with van der Waals surface area (Å²) in [5.41, 5.74) is 7.28. The van der Waals surface area contributed by atoms with Crippen molar-refractivity contribution in [3.8, 4) is 0 Å². The van der Waals surface area contributed by atoms with Crippen LogP contribution in [0, 0.1) is 34.5 Å². The van der Waals surface area contributed by atoms with Gasteiger partial charge in [0, 0.05) is 0 Å². The fourth-order valence-corrected chi connectivity index (χ4v) is 6.91. The molecule has 0 nitrogen and oxygen atoms in total. The third-order valence-corrected chi connectivity index (χ3v) is 8.82. The Kier molecular flexibility index (Phi) is 7.26. The fraction of sp³-hybridized carbons (Fsp3) is 0.733. The Bertz CT molecular complexity index is 693. The highest BCUT2D eigenvalue weighted by Gasteiger charge is 2.49. The molecule has 0 aromatic carbocycles. The first-order valence-electron chi connectivity index (χ1n) is 12.8. The summed E-state index contributed by atoms with van der Waals surface area (Å²) in [5, 5.41) is 0. The highest BCUT2D eigenvalue weighted by atomic mass is 14.5. The predicted molar refractivity (Wildman–Crippen MR) is 133 cm³/mol. The summed E-state index contributed by atoms with van der Waals surface area (Å²) < 4.78 is 0. The number of rotatable bonds is 5. The first-order valence-corrected chi connectivity index (χ1v) is 12.8. The van der Waals surface area contributed by atoms with Crippen LogP contribution in [0.1, 0.15) is 106 Å². The van der Waals surface area contributed by atoms with Crippen molar-refractivity contribution in [2.24, 2.45) is 34.5 Å². The molecule has 0 amide bonds. The molecule has 30 heavy (non-hydrogen) atoms. The first kappa shape index (κ1) is 23.6. The maximum atomic E-state index is 4.62. The summed E-state index contributed by atoms with van der Waals surface area (Å²) in [6.07, 6.45) is 18.1. The van der Waals surface area contributed by atoms with E-state index < -0.39 is 0 Å². The van der Waals surface area contributed by atoms with Crippen molar-refractivity contribution in [2.45, 2.75) is 106 Å². The Hall–Kier alpha value is -1.04. The maximum Gasteiger partial charge on any atom is -0.0140 e. The normalized spacial score (nSPS) is 36.1. The van der Waals surface area contributed by atoms with Gasteiger partial charge in [-0.1, -0.05) is 89.1 Å². The predicted octanol–water partition coefficient (Wildman–Crippen LogP) is 9.45. The van der Waals surface area contributed by atoms with Crippen LogP contribution >= 0.6 is 0 Å². The van der Waals surface area contributed by atoms with E-state index in [1.807, 2.05) is 0 Å². The molecule has 0 heterocycles. The van der Waals surface area contributed by atoms with E-state index in [1.165, 1.54) is 69.8 Å². The Morgan fingerprint density at radius 2 is 1.77 bits per heavy atom. The van der Waals surface area contributed by atoms with Gasteiger partial charge < -0.3 is 0 Å². The van der Waals surface area contributed by atoms with Crippen molar-refractivity contribution in [1.82, 2.24) is 0 Å². The van der Waals surface area contributed by atoms with Crippen molar-refractivity contribution in [1.29, 1.82) is 0 Å². The molecule has 0 saturated heterocycles. The van der Waals surface area contributed by atoms with Crippen LogP contribution in [-0.4, -0.2) is 0 Å². The molecule has 0 N–H and O–H groups in total. The van der Waals surface area contributed by atoms with E-state index in [0.717, 1.165) is 11.8 Å². The second-order valence-corrected chi connectivity index (χ2v) is 12.5. The number of allylic oxidation sites excluding steroid dienone is 6. The molecular weight excluding hydrogens is 360 g/mol. The molecule has 3 fully saturated rings. The van der Waals surface area contributed by atoms with Gasteiger partial charge in [-0.05, 0) is 98.7 Å². The highest BCUT2D eigenvalue weighted by Crippen LogP contribution is 2.59. The van der Waals surface area contributed by atoms with Gasteiger partial charge in [0.05, 0.1) is 0 Å². The molecule has 0 unspecified atom stereocenters. The minimum absolute atomic E-state index is 0.442. The van der Waals surface area contributed by atoms with E-state index in [4.69, 9.17) is 0 Å². The lowest BCUT2D eigenvalue weighted by Crippen LogP contribution is -2.34. The van der Waals surface area contributed by atoms with Gasteiger partial charge in [-0.2, -0.15) is 0 Å². The van der Waals surface area contributed by atoms with Crippen LogP contribution < -0.4 is 0 Å². The second-order valence-electron chi connectivity index (χ2n) is 12.5. The van der Waals surface area contributed by atoms with Crippen LogP contribution in [-0.2, 0) is 0 Å². The van der Waals surface area contributed by atoms with Gasteiger partial charge in [0.1, 0.15) is 0 Å². The smallest absolute Gasteiger partial charge is 0.0140 e. The zero-order valence-corrected chi connectivity index (χ0v) is 20.9. The molecular formula is C30H48. The van der Waals surface area contributed by atoms with Crippen LogP contribution in [0.4, 0.5) is 0 Å². The number of hydrogen-bond donors (Lipinski definition) is 0. The van der Waals surface area contributed by atoms with E-state index in [2.05, 4.69) is 66.9 Å². The van der Waals surface area contributed by atoms with Crippen LogP contribution in [0.15, 0.2) is 47.6 Å². The Morgan fingerprint density at radius 3 is 2.40 bits per heavy atom. The van der Waals surface area contributed by atoms with Gasteiger partial charge in [0.2, 0.25) is 0 Å². The molecule has 0 heteroatoms. The third kappa shape index (κ3) is 5.23. The Balaban J connectivity index is 1.68. The third-order valence-electron chi connectivity index (χ3n) is 8.82. The van der Waals surface area contributed by atoms with Gasteiger partial charge in [-0.15, -0.1) is 0 Å². The summed E-state index contributed by atoms with van der Waals surface area (Å²) in [4.78, 5) is 0. The molecule has 3 saturated carbocycles. The molecule has 168 valence electrons. The molecule has 3 aliphatic rings. The molecule has 0 spiro atoms. The SMILES string of the molecule is C=C1[C@H](C)CC(=C/C=C2\CCC[C@]3(C)[C@@H](C(=C)CCCC(C)(C)C)CC[C@@H]23)C[C@H]1C. The van der Waals surface area contributed by atoms with Crippen LogP contribution in [0.5, 0.6) is 0 Å². The number of fused-ring (bicyclic) bond motifs is 1. The minimum atomic E-state index is 0.442. The van der Waals surface area contributed by atoms with E-state index >= 15 is 0 Å². The van der Waals surface area contributed by atoms with Crippen molar-refractivity contribution < 1.29 is 0 Å². The topological polar surface area (TPSA) is 0 Å². The summed E-state index contributed by atoms with van der Waals surface area (Å²) in [6.45, 7) is 23.3. The van der Waals surface area contributed by atoms with Gasteiger partial charge >= 0.3 is 0 Å². The highest BCUT2D eigenvalue weighted by molar-refractivity contribution is 5.29. The Labute approximate surface area is 188 Å². The summed E-state index contributed by atoms with van der Waals surface area (Å²) in [7, 11) is 0. The van der Waals surface area contributed by atoms with E-state index in [0.29, 0.717) is 22.7 Å². The van der Waals surface area contributed by atoms with Crippen molar-refractivity contribution in [3.63, 3.8) is 0 Å². The van der Waals surface area contributed by atoms with Gasteiger partial charge in [0.15, 0.2) is 0 Å². The van der Waals surface area contributed by atoms with Gasteiger partial charge in [0.25, 0.3) is 0 Å². The molecule has 3 aliphatic carbocycles. The summed E-state index contributed by atoms with van der Waals surface area (Å²) in [5.74, 6) is 2.79. The Morgan fingerprint density at radius 1 is 1.10 bits per heavy atom. The van der Waals surface area contributed by atoms with E-state index in [1.54, 1.807) is 16.7 Å². The molecule has 0 radical (unpaired) electrons. The summed E-state index contributed by atoms with van der Waals surface area (Å²) >= 11 is 0. The van der Waals surface area contributed by atoms with Crippen molar-refractivity contribution in [3.05, 3.63) is 47.6 Å². The minimum Gasteiger partial charge on any atom is -0.0996 e. The molecule has 5 atom stereocenters. The second kappa shape index (κ2) is 9.22. The van der Waals surface area contributed by atoms with E-state index in [9.17, 15) is 0 Å². The largest absolute Gasteiger partial charge is 0.0996 e. The monoisotopic (exact) mass is 408 g/mol. The molecule has 0 aliphatic heterocycles. The van der Waals surface area contributed by atoms with Crippen LogP contribution in [0.25, 0.3) is 0 Å². The molecule has 3 rings (SSSR count). The lowest BCUT2D eigenvalue weighted by Gasteiger charge is -2.43. The fourth-order valence-electron chi connectivity index (χ4n) is 6.91. The molecule has 0 bridgehead atoms. The maximum absolute atomic E-state index is 4.62. The summed E-state index contributed by atoms with van der Waals surface area (Å²) in [6, 6.07) is 0. The van der Waals surface area contributed by atoms with Crippen molar-refractivity contribution in [2.75, 3.05) is 0 Å². The lowest BCUT2D eigenvalue weighted by molar-refractivity contribution is 0.153.